The number of rotatable bonds is 8. The summed E-state index contributed by atoms with van der Waals surface area (Å²) in [5, 5.41) is 3.49. The van der Waals surface area contributed by atoms with Gasteiger partial charge in [-0.25, -0.2) is 0 Å². The van der Waals surface area contributed by atoms with Crippen molar-refractivity contribution in [1.29, 1.82) is 0 Å². The van der Waals surface area contributed by atoms with Crippen molar-refractivity contribution in [3.05, 3.63) is 30.3 Å². The van der Waals surface area contributed by atoms with Crippen LogP contribution in [-0.4, -0.2) is 19.1 Å². The Morgan fingerprint density at radius 1 is 1.25 bits per heavy atom. The fourth-order valence-electron chi connectivity index (χ4n) is 2.35. The number of benzene rings is 1. The van der Waals surface area contributed by atoms with Gasteiger partial charge in [0, 0.05) is 11.7 Å². The summed E-state index contributed by atoms with van der Waals surface area (Å²) < 4.78 is 4.96. The van der Waals surface area contributed by atoms with E-state index in [4.69, 9.17) is 4.74 Å². The van der Waals surface area contributed by atoms with Gasteiger partial charge in [0.15, 0.2) is 0 Å². The van der Waals surface area contributed by atoms with Gasteiger partial charge in [-0.2, -0.15) is 0 Å². The largest absolute Gasteiger partial charge is 0.469 e. The van der Waals surface area contributed by atoms with Crippen molar-refractivity contribution in [2.24, 2.45) is 5.41 Å². The number of ether oxygens (including phenoxy) is 1. The van der Waals surface area contributed by atoms with Gasteiger partial charge in [0.2, 0.25) is 0 Å². The van der Waals surface area contributed by atoms with Gasteiger partial charge in [0.05, 0.1) is 12.5 Å². The van der Waals surface area contributed by atoms with Crippen molar-refractivity contribution in [2.45, 2.75) is 52.5 Å². The Labute approximate surface area is 122 Å². The molecule has 0 bridgehead atoms. The van der Waals surface area contributed by atoms with Gasteiger partial charge < -0.3 is 10.1 Å². The van der Waals surface area contributed by atoms with E-state index < -0.39 is 5.41 Å². The van der Waals surface area contributed by atoms with Gasteiger partial charge in [-0.1, -0.05) is 44.4 Å². The molecule has 0 amide bonds. The number of anilines is 1. The summed E-state index contributed by atoms with van der Waals surface area (Å²) in [4.78, 5) is 12.0. The molecule has 0 aliphatic heterocycles. The Kier molecular flexibility index (Phi) is 6.56. The summed E-state index contributed by atoms with van der Waals surface area (Å²) in [6.45, 7) is 6.09. The van der Waals surface area contributed by atoms with Gasteiger partial charge in [0.25, 0.3) is 0 Å². The first-order valence-corrected chi connectivity index (χ1v) is 7.42. The molecule has 0 aromatic heterocycles. The lowest BCUT2D eigenvalue weighted by Crippen LogP contribution is -2.43. The number of esters is 1. The van der Waals surface area contributed by atoms with Crippen LogP contribution in [0.15, 0.2) is 30.3 Å². The summed E-state index contributed by atoms with van der Waals surface area (Å²) in [6.07, 6.45) is 4.44. The smallest absolute Gasteiger partial charge is 0.313 e. The molecule has 0 saturated carbocycles. The molecule has 0 aliphatic carbocycles. The summed E-state index contributed by atoms with van der Waals surface area (Å²) in [6, 6.07) is 10.1. The van der Waals surface area contributed by atoms with Crippen LogP contribution < -0.4 is 5.32 Å². The molecule has 0 fully saturated rings. The molecule has 1 unspecified atom stereocenters. The quantitative estimate of drug-likeness (QED) is 0.570. The molecule has 1 rings (SSSR count). The van der Waals surface area contributed by atoms with Crippen molar-refractivity contribution in [2.75, 3.05) is 12.4 Å². The maximum atomic E-state index is 12.0. The second-order valence-electron chi connectivity index (χ2n) is 5.77. The Morgan fingerprint density at radius 2 is 1.90 bits per heavy atom. The molecular weight excluding hydrogens is 250 g/mol. The van der Waals surface area contributed by atoms with Crippen molar-refractivity contribution in [3.8, 4) is 0 Å². The average Bonchev–Trinajstić information content (AvgIpc) is 2.46. The number of nitrogens with one attached hydrogen (secondary N) is 1. The lowest BCUT2D eigenvalue weighted by atomic mass is 9.81. The van der Waals surface area contributed by atoms with Crippen LogP contribution in [0.1, 0.15) is 46.5 Å². The maximum absolute atomic E-state index is 12.0. The van der Waals surface area contributed by atoms with Gasteiger partial charge in [-0.3, -0.25) is 4.79 Å². The molecular formula is C17H27NO2. The predicted molar refractivity (Wildman–Crippen MR) is 83.8 cm³/mol. The highest BCUT2D eigenvalue weighted by atomic mass is 16.5. The van der Waals surface area contributed by atoms with Crippen LogP contribution in [-0.2, 0) is 9.53 Å². The highest BCUT2D eigenvalue weighted by molar-refractivity contribution is 5.77. The van der Waals surface area contributed by atoms with E-state index in [1.165, 1.54) is 20.0 Å². The summed E-state index contributed by atoms with van der Waals surface area (Å²) in [5.41, 5.74) is 0.504. The molecule has 112 valence electrons. The molecule has 3 nitrogen and oxygen atoms in total. The molecule has 1 N–H and O–H groups in total. The molecule has 1 aromatic rings. The SMILES string of the molecule is CCCCCC(Nc1ccccc1)C(C)(C)C(=O)OC. The molecule has 1 atom stereocenters. The summed E-state index contributed by atoms with van der Waals surface area (Å²) in [7, 11) is 1.45. The first kappa shape index (κ1) is 16.5. The number of hydrogen-bond donors (Lipinski definition) is 1. The van der Waals surface area contributed by atoms with E-state index in [0.717, 1.165) is 18.5 Å². The highest BCUT2D eigenvalue weighted by Gasteiger charge is 2.37. The number of carbonyl (C=O) groups excluding carboxylic acids is 1. The molecule has 0 aliphatic rings. The van der Waals surface area contributed by atoms with Crippen LogP contribution in [0.25, 0.3) is 0 Å². The van der Waals surface area contributed by atoms with E-state index in [-0.39, 0.29) is 12.0 Å². The Hall–Kier alpha value is -1.51. The Balaban J connectivity index is 2.81. The molecule has 0 spiro atoms. The van der Waals surface area contributed by atoms with Crippen molar-refractivity contribution >= 4 is 11.7 Å². The minimum absolute atomic E-state index is 0.0731. The second-order valence-corrected chi connectivity index (χ2v) is 5.77. The van der Waals surface area contributed by atoms with E-state index in [1.54, 1.807) is 0 Å². The average molecular weight is 277 g/mol. The van der Waals surface area contributed by atoms with Crippen molar-refractivity contribution < 1.29 is 9.53 Å². The first-order valence-electron chi connectivity index (χ1n) is 7.42. The summed E-state index contributed by atoms with van der Waals surface area (Å²) >= 11 is 0. The molecule has 0 saturated heterocycles. The lowest BCUT2D eigenvalue weighted by Gasteiger charge is -2.33. The fourth-order valence-corrected chi connectivity index (χ4v) is 2.35. The number of unbranched alkanes of at least 4 members (excludes halogenated alkanes) is 2. The van der Waals surface area contributed by atoms with E-state index in [0.29, 0.717) is 0 Å². The van der Waals surface area contributed by atoms with Gasteiger partial charge in [-0.05, 0) is 32.4 Å². The predicted octanol–water partition coefficient (Wildman–Crippen LogP) is 4.25. The van der Waals surface area contributed by atoms with Gasteiger partial charge in [-0.15, -0.1) is 0 Å². The number of carbonyl (C=O) groups is 1. The number of para-hydroxylation sites is 1. The fraction of sp³-hybridized carbons (Fsp3) is 0.588. The molecule has 0 radical (unpaired) electrons. The van der Waals surface area contributed by atoms with Crippen LogP contribution >= 0.6 is 0 Å². The van der Waals surface area contributed by atoms with E-state index in [1.807, 2.05) is 44.2 Å². The Bertz CT molecular complexity index is 401. The molecule has 20 heavy (non-hydrogen) atoms. The number of hydrogen-bond acceptors (Lipinski definition) is 3. The van der Waals surface area contributed by atoms with Gasteiger partial charge in [0.1, 0.15) is 0 Å². The number of methoxy groups -OCH3 is 1. The third kappa shape index (κ3) is 4.55. The topological polar surface area (TPSA) is 38.3 Å². The first-order chi connectivity index (χ1) is 9.52. The van der Waals surface area contributed by atoms with E-state index >= 15 is 0 Å². The highest BCUT2D eigenvalue weighted by Crippen LogP contribution is 2.29. The lowest BCUT2D eigenvalue weighted by molar-refractivity contribution is -0.151. The zero-order chi connectivity index (χ0) is 15.0. The van der Waals surface area contributed by atoms with Gasteiger partial charge >= 0.3 is 5.97 Å². The maximum Gasteiger partial charge on any atom is 0.313 e. The molecule has 3 heteroatoms. The third-order valence-electron chi connectivity index (χ3n) is 3.79. The van der Waals surface area contributed by atoms with E-state index in [2.05, 4.69) is 12.2 Å². The molecule has 0 heterocycles. The van der Waals surface area contributed by atoms with E-state index in [9.17, 15) is 4.79 Å². The normalized spacial score (nSPS) is 12.8. The minimum atomic E-state index is -0.543. The Morgan fingerprint density at radius 3 is 2.45 bits per heavy atom. The van der Waals surface area contributed by atoms with Crippen molar-refractivity contribution in [3.63, 3.8) is 0 Å². The monoisotopic (exact) mass is 277 g/mol. The molecule has 1 aromatic carbocycles. The van der Waals surface area contributed by atoms with Crippen LogP contribution in [0.3, 0.4) is 0 Å². The third-order valence-corrected chi connectivity index (χ3v) is 3.79. The second kappa shape index (κ2) is 7.93. The van der Waals surface area contributed by atoms with Crippen LogP contribution in [0.2, 0.25) is 0 Å². The van der Waals surface area contributed by atoms with Crippen LogP contribution in [0.5, 0.6) is 0 Å². The minimum Gasteiger partial charge on any atom is -0.469 e. The van der Waals surface area contributed by atoms with Crippen molar-refractivity contribution in [1.82, 2.24) is 0 Å². The zero-order valence-electron chi connectivity index (χ0n) is 13.1. The van der Waals surface area contributed by atoms with Crippen LogP contribution in [0.4, 0.5) is 5.69 Å². The standard InChI is InChI=1S/C17H27NO2/c1-5-6-8-13-15(17(2,3)16(19)20-4)18-14-11-9-7-10-12-14/h7,9-12,15,18H,5-6,8,13H2,1-4H3. The van der Waals surface area contributed by atoms with Crippen LogP contribution in [0, 0.1) is 5.41 Å². The summed E-state index contributed by atoms with van der Waals surface area (Å²) in [5.74, 6) is -0.164. The zero-order valence-corrected chi connectivity index (χ0v) is 13.1.